The molecule has 2 aliphatic rings. The molecule has 0 bridgehead atoms. The molecule has 2 aromatic rings. The molecule has 1 atom stereocenters. The summed E-state index contributed by atoms with van der Waals surface area (Å²) >= 11 is 5.89. The SMILES string of the molecule is COc1ccc2c(c1)[C@@]1(CCN(C(=O)c3ccc(Cl)cc3)C1)C(=O)N2. The summed E-state index contributed by atoms with van der Waals surface area (Å²) in [5.74, 6) is 0.567. The summed E-state index contributed by atoms with van der Waals surface area (Å²) in [6, 6.07) is 12.4. The van der Waals surface area contributed by atoms with Gasteiger partial charge in [0.05, 0.1) is 12.5 Å². The van der Waals surface area contributed by atoms with E-state index in [0.29, 0.717) is 35.8 Å². The molecular formula is C19H17ClN2O3. The predicted molar refractivity (Wildman–Crippen MR) is 95.3 cm³/mol. The normalized spacial score (nSPS) is 21.4. The van der Waals surface area contributed by atoms with Gasteiger partial charge in [-0.15, -0.1) is 0 Å². The first-order chi connectivity index (χ1) is 12.0. The van der Waals surface area contributed by atoms with Crippen LogP contribution >= 0.6 is 11.6 Å². The number of nitrogens with one attached hydrogen (secondary N) is 1. The van der Waals surface area contributed by atoms with Gasteiger partial charge in [-0.1, -0.05) is 11.6 Å². The van der Waals surface area contributed by atoms with E-state index in [4.69, 9.17) is 16.3 Å². The average Bonchev–Trinajstić information content (AvgIpc) is 3.18. The zero-order chi connectivity index (χ0) is 17.6. The Balaban J connectivity index is 1.65. The summed E-state index contributed by atoms with van der Waals surface area (Å²) in [5, 5.41) is 3.53. The number of hydrogen-bond acceptors (Lipinski definition) is 3. The molecule has 5 nitrogen and oxygen atoms in total. The Labute approximate surface area is 150 Å². The van der Waals surface area contributed by atoms with Crippen LogP contribution in [0, 0.1) is 0 Å². The topological polar surface area (TPSA) is 58.6 Å². The van der Waals surface area contributed by atoms with Crippen LogP contribution in [0.15, 0.2) is 42.5 Å². The van der Waals surface area contributed by atoms with Gasteiger partial charge in [0.15, 0.2) is 0 Å². The van der Waals surface area contributed by atoms with Crippen LogP contribution < -0.4 is 10.1 Å². The van der Waals surface area contributed by atoms with E-state index >= 15 is 0 Å². The lowest BCUT2D eigenvalue weighted by atomic mass is 9.81. The van der Waals surface area contributed by atoms with Gasteiger partial charge >= 0.3 is 0 Å². The van der Waals surface area contributed by atoms with Crippen molar-refractivity contribution in [3.05, 3.63) is 58.6 Å². The third-order valence-corrected chi connectivity index (χ3v) is 5.32. The molecule has 2 aliphatic heterocycles. The number of amides is 2. The van der Waals surface area contributed by atoms with Crippen LogP contribution in [0.25, 0.3) is 0 Å². The zero-order valence-corrected chi connectivity index (χ0v) is 14.5. The first-order valence-electron chi connectivity index (χ1n) is 8.08. The number of hydrogen-bond donors (Lipinski definition) is 1. The van der Waals surface area contributed by atoms with E-state index in [2.05, 4.69) is 5.32 Å². The number of methoxy groups -OCH3 is 1. The largest absolute Gasteiger partial charge is 0.497 e. The second kappa shape index (κ2) is 5.77. The van der Waals surface area contributed by atoms with Gasteiger partial charge in [-0.2, -0.15) is 0 Å². The molecular weight excluding hydrogens is 340 g/mol. The number of nitrogens with zero attached hydrogens (tertiary/aromatic N) is 1. The van der Waals surface area contributed by atoms with E-state index in [0.717, 1.165) is 11.3 Å². The summed E-state index contributed by atoms with van der Waals surface area (Å²) in [5.41, 5.74) is 1.58. The minimum absolute atomic E-state index is 0.0536. The van der Waals surface area contributed by atoms with Crippen LogP contribution in [0.4, 0.5) is 5.69 Å². The Hall–Kier alpha value is -2.53. The summed E-state index contributed by atoms with van der Waals surface area (Å²) in [7, 11) is 1.60. The highest BCUT2D eigenvalue weighted by atomic mass is 35.5. The molecule has 6 heteroatoms. The first-order valence-corrected chi connectivity index (χ1v) is 8.46. The number of fused-ring (bicyclic) bond motifs is 2. The van der Waals surface area contributed by atoms with E-state index in [1.165, 1.54) is 0 Å². The van der Waals surface area contributed by atoms with E-state index in [-0.39, 0.29) is 11.8 Å². The van der Waals surface area contributed by atoms with Gasteiger partial charge in [-0.3, -0.25) is 9.59 Å². The molecule has 0 saturated carbocycles. The van der Waals surface area contributed by atoms with Gasteiger partial charge in [0.2, 0.25) is 5.91 Å². The standard InChI is InChI=1S/C19H17ClN2O3/c1-25-14-6-7-16-15(10-14)19(18(24)21-16)8-9-22(11-19)17(23)12-2-4-13(20)5-3-12/h2-7,10H,8-9,11H2,1H3,(H,21,24)/t19-/m0/s1. The van der Waals surface area contributed by atoms with Crippen LogP contribution in [-0.2, 0) is 10.2 Å². The Morgan fingerprint density at radius 3 is 2.72 bits per heavy atom. The third kappa shape index (κ3) is 2.46. The number of rotatable bonds is 2. The minimum atomic E-state index is -0.702. The quantitative estimate of drug-likeness (QED) is 0.899. The predicted octanol–water partition coefficient (Wildman–Crippen LogP) is 3.08. The summed E-state index contributed by atoms with van der Waals surface area (Å²) in [4.78, 5) is 27.2. The molecule has 1 N–H and O–H groups in total. The number of likely N-dealkylation sites (tertiary alicyclic amines) is 1. The van der Waals surface area contributed by atoms with Crippen molar-refractivity contribution in [3.63, 3.8) is 0 Å². The Bertz CT molecular complexity index is 865. The van der Waals surface area contributed by atoms with Gasteiger partial charge in [-0.05, 0) is 54.4 Å². The first kappa shape index (κ1) is 16.0. The van der Waals surface area contributed by atoms with Gasteiger partial charge in [0.1, 0.15) is 5.75 Å². The van der Waals surface area contributed by atoms with Crippen LogP contribution in [-0.4, -0.2) is 36.9 Å². The molecule has 1 saturated heterocycles. The third-order valence-electron chi connectivity index (χ3n) is 5.07. The summed E-state index contributed by atoms with van der Waals surface area (Å²) < 4.78 is 5.30. The fraction of sp³-hybridized carbons (Fsp3) is 0.263. The van der Waals surface area contributed by atoms with E-state index in [1.54, 1.807) is 36.3 Å². The molecule has 128 valence electrons. The van der Waals surface area contributed by atoms with Crippen molar-refractivity contribution in [1.82, 2.24) is 4.90 Å². The minimum Gasteiger partial charge on any atom is -0.497 e. The molecule has 0 aliphatic carbocycles. The lowest BCUT2D eigenvalue weighted by Gasteiger charge is -2.23. The number of benzene rings is 2. The monoisotopic (exact) mass is 356 g/mol. The highest BCUT2D eigenvalue weighted by molar-refractivity contribution is 6.30. The lowest BCUT2D eigenvalue weighted by Crippen LogP contribution is -2.39. The molecule has 1 spiro atoms. The number of anilines is 1. The molecule has 2 heterocycles. The van der Waals surface area contributed by atoms with E-state index in [1.807, 2.05) is 18.2 Å². The zero-order valence-electron chi connectivity index (χ0n) is 13.7. The molecule has 1 fully saturated rings. The highest BCUT2D eigenvalue weighted by Crippen LogP contribution is 2.45. The van der Waals surface area contributed by atoms with Crippen LogP contribution in [0.2, 0.25) is 5.02 Å². The fourth-order valence-electron chi connectivity index (χ4n) is 3.68. The molecule has 0 unspecified atom stereocenters. The van der Waals surface area contributed by atoms with Crippen LogP contribution in [0.5, 0.6) is 5.75 Å². The second-order valence-corrected chi connectivity index (χ2v) is 6.87. The van der Waals surface area contributed by atoms with Crippen molar-refractivity contribution in [2.45, 2.75) is 11.8 Å². The maximum absolute atomic E-state index is 12.8. The Kier molecular flexibility index (Phi) is 3.69. The van der Waals surface area contributed by atoms with E-state index < -0.39 is 5.41 Å². The Morgan fingerprint density at radius 1 is 1.24 bits per heavy atom. The van der Waals surface area contributed by atoms with Crippen molar-refractivity contribution in [2.75, 3.05) is 25.5 Å². The summed E-state index contributed by atoms with van der Waals surface area (Å²) in [6.45, 7) is 0.895. The number of halogens is 1. The smallest absolute Gasteiger partial charge is 0.253 e. The molecule has 2 aromatic carbocycles. The van der Waals surface area contributed by atoms with Crippen LogP contribution in [0.1, 0.15) is 22.3 Å². The maximum atomic E-state index is 12.8. The average molecular weight is 357 g/mol. The fourth-order valence-corrected chi connectivity index (χ4v) is 3.81. The van der Waals surface area contributed by atoms with Gasteiger partial charge in [-0.25, -0.2) is 0 Å². The van der Waals surface area contributed by atoms with E-state index in [9.17, 15) is 9.59 Å². The molecule has 0 aromatic heterocycles. The number of carbonyl (C=O) groups excluding carboxylic acids is 2. The molecule has 4 rings (SSSR count). The lowest BCUT2D eigenvalue weighted by molar-refractivity contribution is -0.120. The Morgan fingerprint density at radius 2 is 2.00 bits per heavy atom. The van der Waals surface area contributed by atoms with Crippen molar-refractivity contribution >= 4 is 29.1 Å². The van der Waals surface area contributed by atoms with Gasteiger partial charge < -0.3 is 15.0 Å². The van der Waals surface area contributed by atoms with Crippen molar-refractivity contribution in [3.8, 4) is 5.75 Å². The van der Waals surface area contributed by atoms with Crippen LogP contribution in [0.3, 0.4) is 0 Å². The van der Waals surface area contributed by atoms with Crippen molar-refractivity contribution < 1.29 is 14.3 Å². The number of carbonyl (C=O) groups is 2. The highest BCUT2D eigenvalue weighted by Gasteiger charge is 2.52. The van der Waals surface area contributed by atoms with Crippen molar-refractivity contribution in [2.24, 2.45) is 0 Å². The summed E-state index contributed by atoms with van der Waals surface area (Å²) in [6.07, 6.45) is 0.596. The van der Waals surface area contributed by atoms with Crippen molar-refractivity contribution in [1.29, 1.82) is 0 Å². The van der Waals surface area contributed by atoms with Gasteiger partial charge in [0, 0.05) is 29.4 Å². The molecule has 0 radical (unpaired) electrons. The van der Waals surface area contributed by atoms with Gasteiger partial charge in [0.25, 0.3) is 5.91 Å². The molecule has 2 amide bonds. The molecule has 25 heavy (non-hydrogen) atoms. The number of ether oxygens (including phenoxy) is 1. The maximum Gasteiger partial charge on any atom is 0.253 e. The second-order valence-electron chi connectivity index (χ2n) is 6.43.